The van der Waals surface area contributed by atoms with Crippen molar-refractivity contribution >= 4 is 16.8 Å². The van der Waals surface area contributed by atoms with Crippen LogP contribution in [0.3, 0.4) is 0 Å². The Morgan fingerprint density at radius 2 is 1.95 bits per heavy atom. The lowest BCUT2D eigenvalue weighted by atomic mass is 9.60. The lowest BCUT2D eigenvalue weighted by molar-refractivity contribution is -0.0523. The minimum absolute atomic E-state index is 0.0543. The molecule has 1 unspecified atom stereocenters. The monoisotopic (exact) mass is 296 g/mol. The molecule has 22 heavy (non-hydrogen) atoms. The van der Waals surface area contributed by atoms with Crippen LogP contribution in [0.4, 0.5) is 0 Å². The highest BCUT2D eigenvalue weighted by Gasteiger charge is 2.48. The van der Waals surface area contributed by atoms with Crippen molar-refractivity contribution in [3.63, 3.8) is 0 Å². The van der Waals surface area contributed by atoms with Crippen LogP contribution >= 0.6 is 0 Å². The zero-order chi connectivity index (χ0) is 15.0. The maximum Gasteiger partial charge on any atom is 0.270 e. The summed E-state index contributed by atoms with van der Waals surface area (Å²) >= 11 is 0. The van der Waals surface area contributed by atoms with Gasteiger partial charge in [0.05, 0.1) is 5.52 Å². The highest BCUT2D eigenvalue weighted by atomic mass is 16.5. The number of amides is 1. The summed E-state index contributed by atoms with van der Waals surface area (Å²) in [5, 5.41) is 4.26. The quantitative estimate of drug-likeness (QED) is 0.927. The number of hydrogen-bond acceptors (Lipinski definition) is 3. The van der Waals surface area contributed by atoms with Crippen molar-refractivity contribution in [1.29, 1.82) is 0 Å². The van der Waals surface area contributed by atoms with E-state index < -0.39 is 0 Å². The molecule has 4 heteroatoms. The second-order valence-corrected chi connectivity index (χ2v) is 6.43. The Labute approximate surface area is 129 Å². The number of ether oxygens (including phenoxy) is 1. The number of nitrogens with zero attached hydrogens (tertiary/aromatic N) is 1. The number of pyridine rings is 1. The first-order valence-corrected chi connectivity index (χ1v) is 8.01. The Bertz CT molecular complexity index is 707. The smallest absolute Gasteiger partial charge is 0.270 e. The summed E-state index contributed by atoms with van der Waals surface area (Å²) in [6.07, 6.45) is 4.39. The van der Waals surface area contributed by atoms with Gasteiger partial charge in [-0.05, 0) is 43.2 Å². The second kappa shape index (κ2) is 5.36. The number of fused-ring (bicyclic) bond motifs is 1. The van der Waals surface area contributed by atoms with Crippen LogP contribution in [0.2, 0.25) is 0 Å². The maximum absolute atomic E-state index is 12.5. The average molecular weight is 296 g/mol. The lowest BCUT2D eigenvalue weighted by Gasteiger charge is -2.52. The van der Waals surface area contributed by atoms with E-state index in [4.69, 9.17) is 4.74 Å². The molecule has 0 radical (unpaired) electrons. The van der Waals surface area contributed by atoms with E-state index >= 15 is 0 Å². The van der Waals surface area contributed by atoms with Crippen LogP contribution in [0.1, 0.15) is 36.2 Å². The van der Waals surface area contributed by atoms with Gasteiger partial charge in [-0.15, -0.1) is 0 Å². The van der Waals surface area contributed by atoms with Crippen molar-refractivity contribution < 1.29 is 9.53 Å². The van der Waals surface area contributed by atoms with Crippen LogP contribution in [0.25, 0.3) is 10.9 Å². The predicted octanol–water partition coefficient (Wildman–Crippen LogP) is 2.92. The fraction of sp³-hybridized carbons (Fsp3) is 0.444. The van der Waals surface area contributed by atoms with Gasteiger partial charge in [-0.2, -0.15) is 0 Å². The van der Waals surface area contributed by atoms with Gasteiger partial charge in [0.15, 0.2) is 0 Å². The molecule has 114 valence electrons. The number of nitrogens with one attached hydrogen (secondary N) is 1. The normalized spacial score (nSPS) is 23.2. The zero-order valence-corrected chi connectivity index (χ0v) is 12.5. The molecule has 1 aliphatic carbocycles. The van der Waals surface area contributed by atoms with E-state index in [2.05, 4.69) is 10.3 Å². The van der Waals surface area contributed by atoms with E-state index in [1.54, 1.807) is 0 Å². The molecule has 1 N–H and O–H groups in total. The molecule has 2 aliphatic rings. The summed E-state index contributed by atoms with van der Waals surface area (Å²) in [6.45, 7) is 1.64. The highest BCUT2D eigenvalue weighted by molar-refractivity contribution is 5.95. The molecule has 1 atom stereocenters. The summed E-state index contributed by atoms with van der Waals surface area (Å²) in [4.78, 5) is 17.0. The van der Waals surface area contributed by atoms with Crippen LogP contribution in [0.5, 0.6) is 0 Å². The standard InChI is InChI=1S/C18H20N2O2/c21-17(15-6-5-13-3-1-2-4-14(13)19-15)20-16-7-8-18(16)9-11-22-12-10-18/h1-6,16H,7-12H2,(H,20,21). The van der Waals surface area contributed by atoms with E-state index in [-0.39, 0.29) is 17.4 Å². The van der Waals surface area contributed by atoms with Gasteiger partial charge in [-0.25, -0.2) is 4.98 Å². The third-order valence-corrected chi connectivity index (χ3v) is 5.30. The van der Waals surface area contributed by atoms with E-state index in [0.717, 1.165) is 43.4 Å². The first-order valence-electron chi connectivity index (χ1n) is 8.01. The molecule has 2 aromatic rings. The first kappa shape index (κ1) is 13.7. The Kier molecular flexibility index (Phi) is 3.34. The summed E-state index contributed by atoms with van der Waals surface area (Å²) in [5.74, 6) is -0.0543. The molecule has 1 aliphatic heterocycles. The molecule has 1 aromatic heterocycles. The Hall–Kier alpha value is -1.94. The van der Waals surface area contributed by atoms with Crippen LogP contribution < -0.4 is 5.32 Å². The minimum atomic E-state index is -0.0543. The van der Waals surface area contributed by atoms with Crippen LogP contribution in [-0.4, -0.2) is 30.1 Å². The third kappa shape index (κ3) is 2.28. The summed E-state index contributed by atoms with van der Waals surface area (Å²) < 4.78 is 5.46. The largest absolute Gasteiger partial charge is 0.381 e. The lowest BCUT2D eigenvalue weighted by Crippen LogP contribution is -2.57. The van der Waals surface area contributed by atoms with Crippen molar-refractivity contribution in [3.05, 3.63) is 42.1 Å². The van der Waals surface area contributed by atoms with Gasteiger partial charge in [-0.3, -0.25) is 4.79 Å². The Morgan fingerprint density at radius 3 is 2.73 bits per heavy atom. The summed E-state index contributed by atoms with van der Waals surface area (Å²) in [5.41, 5.74) is 1.64. The van der Waals surface area contributed by atoms with Gasteiger partial charge in [0, 0.05) is 24.6 Å². The molecule has 1 saturated heterocycles. The second-order valence-electron chi connectivity index (χ2n) is 6.43. The van der Waals surface area contributed by atoms with Crippen molar-refractivity contribution in [3.8, 4) is 0 Å². The SMILES string of the molecule is O=C(NC1CCC12CCOCC2)c1ccc2ccccc2n1. The summed E-state index contributed by atoms with van der Waals surface area (Å²) in [6, 6.07) is 11.9. The van der Waals surface area contributed by atoms with Crippen LogP contribution in [0.15, 0.2) is 36.4 Å². The van der Waals surface area contributed by atoms with Gasteiger partial charge in [0.25, 0.3) is 5.91 Å². The highest BCUT2D eigenvalue weighted by Crippen LogP contribution is 2.48. The predicted molar refractivity (Wildman–Crippen MR) is 84.7 cm³/mol. The van der Waals surface area contributed by atoms with E-state index in [0.29, 0.717) is 5.69 Å². The van der Waals surface area contributed by atoms with Gasteiger partial charge >= 0.3 is 0 Å². The number of carbonyl (C=O) groups is 1. The van der Waals surface area contributed by atoms with Crippen molar-refractivity contribution in [2.45, 2.75) is 31.7 Å². The number of rotatable bonds is 2. The fourth-order valence-electron chi connectivity index (χ4n) is 3.72. The number of hydrogen-bond donors (Lipinski definition) is 1. The van der Waals surface area contributed by atoms with Crippen molar-refractivity contribution in [2.24, 2.45) is 5.41 Å². The number of para-hydroxylation sites is 1. The molecule has 4 nitrogen and oxygen atoms in total. The maximum atomic E-state index is 12.5. The van der Waals surface area contributed by atoms with Gasteiger partial charge in [0.1, 0.15) is 5.69 Å². The average Bonchev–Trinajstić information content (AvgIpc) is 2.59. The number of carbonyl (C=O) groups excluding carboxylic acids is 1. The first-order chi connectivity index (χ1) is 10.8. The fourth-order valence-corrected chi connectivity index (χ4v) is 3.72. The van der Waals surface area contributed by atoms with Gasteiger partial charge in [-0.1, -0.05) is 24.3 Å². The van der Waals surface area contributed by atoms with E-state index in [1.165, 1.54) is 6.42 Å². The van der Waals surface area contributed by atoms with E-state index in [9.17, 15) is 4.79 Å². The molecule has 4 rings (SSSR count). The molecule has 0 bridgehead atoms. The number of aromatic nitrogens is 1. The minimum Gasteiger partial charge on any atom is -0.381 e. The Balaban J connectivity index is 1.51. The molecule has 1 saturated carbocycles. The molecule has 1 aromatic carbocycles. The molecular weight excluding hydrogens is 276 g/mol. The molecule has 1 amide bonds. The number of benzene rings is 1. The van der Waals surface area contributed by atoms with Gasteiger partial charge in [0.2, 0.25) is 0 Å². The van der Waals surface area contributed by atoms with Crippen LogP contribution in [0, 0.1) is 5.41 Å². The van der Waals surface area contributed by atoms with Crippen LogP contribution in [-0.2, 0) is 4.74 Å². The van der Waals surface area contributed by atoms with E-state index in [1.807, 2.05) is 36.4 Å². The topological polar surface area (TPSA) is 51.2 Å². The van der Waals surface area contributed by atoms with Gasteiger partial charge < -0.3 is 10.1 Å². The summed E-state index contributed by atoms with van der Waals surface area (Å²) in [7, 11) is 0. The van der Waals surface area contributed by atoms with Crippen molar-refractivity contribution in [2.75, 3.05) is 13.2 Å². The molecule has 2 fully saturated rings. The third-order valence-electron chi connectivity index (χ3n) is 5.30. The Morgan fingerprint density at radius 1 is 1.14 bits per heavy atom. The molecule has 1 spiro atoms. The van der Waals surface area contributed by atoms with Crippen molar-refractivity contribution in [1.82, 2.24) is 10.3 Å². The zero-order valence-electron chi connectivity index (χ0n) is 12.5. The molecule has 2 heterocycles. The molecular formula is C18H20N2O2.